The molecule has 232 valence electrons. The summed E-state index contributed by atoms with van der Waals surface area (Å²) in [5.74, 6) is 0.814. The van der Waals surface area contributed by atoms with Crippen molar-refractivity contribution in [2.45, 2.75) is 19.8 Å². The molecule has 0 spiro atoms. The molecule has 2 N–H and O–H groups in total. The van der Waals surface area contributed by atoms with Gasteiger partial charge in [-0.15, -0.1) is 0 Å². The first-order valence-electron chi connectivity index (χ1n) is 15.3. The minimum absolute atomic E-state index is 0.0257. The summed E-state index contributed by atoms with van der Waals surface area (Å²) in [6, 6.07) is 18.5. The average Bonchev–Trinajstić information content (AvgIpc) is 3.08. The van der Waals surface area contributed by atoms with Crippen molar-refractivity contribution in [2.24, 2.45) is 13.0 Å². The van der Waals surface area contributed by atoms with Gasteiger partial charge in [-0.25, -0.2) is 9.97 Å². The maximum Gasteiger partial charge on any atom is 0.293 e. The number of morpholine rings is 1. The molecule has 0 aliphatic carbocycles. The van der Waals surface area contributed by atoms with Crippen molar-refractivity contribution in [1.82, 2.24) is 19.4 Å². The van der Waals surface area contributed by atoms with E-state index in [0.717, 1.165) is 36.3 Å². The molecule has 2 amide bonds. The lowest BCUT2D eigenvalue weighted by molar-refractivity contribution is -0.120. The molecule has 2 fully saturated rings. The van der Waals surface area contributed by atoms with E-state index in [2.05, 4.69) is 25.5 Å². The number of hydrogen-bond donors (Lipinski definition) is 2. The third-order valence-corrected chi connectivity index (χ3v) is 8.40. The number of aromatic nitrogens is 3. The van der Waals surface area contributed by atoms with E-state index in [-0.39, 0.29) is 29.1 Å². The van der Waals surface area contributed by atoms with Crippen LogP contribution in [0.15, 0.2) is 77.9 Å². The van der Waals surface area contributed by atoms with Crippen LogP contribution in [0.5, 0.6) is 0 Å². The number of pyridine rings is 1. The Hall–Kier alpha value is -5.03. The van der Waals surface area contributed by atoms with Crippen LogP contribution in [0.1, 0.15) is 28.8 Å². The van der Waals surface area contributed by atoms with Crippen molar-refractivity contribution in [1.29, 1.82) is 0 Å². The van der Waals surface area contributed by atoms with Crippen molar-refractivity contribution < 1.29 is 14.3 Å². The lowest BCUT2D eigenvalue weighted by Gasteiger charge is -2.33. The Bertz CT molecular complexity index is 1730. The van der Waals surface area contributed by atoms with E-state index in [4.69, 9.17) is 4.74 Å². The summed E-state index contributed by atoms with van der Waals surface area (Å²) in [5, 5.41) is 6.27. The molecule has 0 radical (unpaired) electrons. The number of aryl methyl sites for hydroxylation is 1. The van der Waals surface area contributed by atoms with Crippen LogP contribution in [0.3, 0.4) is 0 Å². The number of anilines is 4. The first kappa shape index (κ1) is 30.0. The highest BCUT2D eigenvalue weighted by atomic mass is 16.5. The second-order valence-electron chi connectivity index (χ2n) is 11.4. The number of nitrogens with zero attached hydrogens (tertiary/aromatic N) is 5. The Morgan fingerprint density at radius 3 is 2.53 bits per heavy atom. The molecule has 1 unspecified atom stereocenters. The predicted octanol–water partition coefficient (Wildman–Crippen LogP) is 4.22. The Balaban J connectivity index is 1.18. The number of ether oxygens (including phenoxy) is 1. The van der Waals surface area contributed by atoms with Gasteiger partial charge in [0.05, 0.1) is 24.8 Å². The van der Waals surface area contributed by atoms with Gasteiger partial charge in [0.2, 0.25) is 5.91 Å². The zero-order valence-electron chi connectivity index (χ0n) is 25.5. The number of amides is 2. The normalized spacial score (nSPS) is 16.7. The summed E-state index contributed by atoms with van der Waals surface area (Å²) < 4.78 is 6.83. The van der Waals surface area contributed by atoms with Gasteiger partial charge in [0.1, 0.15) is 5.82 Å². The summed E-state index contributed by atoms with van der Waals surface area (Å²) in [6.07, 6.45) is 5.19. The lowest BCUT2D eigenvalue weighted by Crippen LogP contribution is -2.41. The molecule has 4 heterocycles. The van der Waals surface area contributed by atoms with Crippen LogP contribution < -0.4 is 21.1 Å². The summed E-state index contributed by atoms with van der Waals surface area (Å²) in [5.41, 5.74) is 3.88. The van der Waals surface area contributed by atoms with Gasteiger partial charge >= 0.3 is 0 Å². The summed E-state index contributed by atoms with van der Waals surface area (Å²) in [7, 11) is 1.68. The molecule has 0 saturated carbocycles. The largest absolute Gasteiger partial charge is 0.378 e. The fourth-order valence-electron chi connectivity index (χ4n) is 5.82. The van der Waals surface area contributed by atoms with Gasteiger partial charge in [0.15, 0.2) is 5.82 Å². The van der Waals surface area contributed by atoms with Crippen molar-refractivity contribution in [2.75, 3.05) is 54.9 Å². The second-order valence-corrected chi connectivity index (χ2v) is 11.4. The van der Waals surface area contributed by atoms with Gasteiger partial charge in [-0.3, -0.25) is 14.4 Å². The molecule has 0 bridgehead atoms. The van der Waals surface area contributed by atoms with Crippen LogP contribution in [-0.2, 0) is 16.6 Å². The Morgan fingerprint density at radius 2 is 1.78 bits per heavy atom. The first-order chi connectivity index (χ1) is 21.9. The number of hydrogen-bond acceptors (Lipinski definition) is 8. The molecule has 6 rings (SSSR count). The van der Waals surface area contributed by atoms with E-state index in [1.807, 2.05) is 43.3 Å². The molecule has 2 saturated heterocycles. The number of nitrogens with one attached hydrogen (secondary N) is 2. The number of rotatable bonds is 7. The number of piperidine rings is 1. The molecule has 2 aromatic carbocycles. The maximum atomic E-state index is 13.4. The van der Waals surface area contributed by atoms with Gasteiger partial charge in [0, 0.05) is 68.1 Å². The zero-order valence-corrected chi connectivity index (χ0v) is 25.5. The van der Waals surface area contributed by atoms with E-state index in [1.54, 1.807) is 48.6 Å². The fraction of sp³-hybridized carbons (Fsp3) is 0.324. The van der Waals surface area contributed by atoms with Gasteiger partial charge in [0.25, 0.3) is 11.5 Å². The topological polar surface area (TPSA) is 122 Å². The van der Waals surface area contributed by atoms with Gasteiger partial charge < -0.3 is 29.7 Å². The van der Waals surface area contributed by atoms with E-state index in [9.17, 15) is 14.4 Å². The Morgan fingerprint density at radius 1 is 0.978 bits per heavy atom. The van der Waals surface area contributed by atoms with Gasteiger partial charge in [-0.05, 0) is 67.8 Å². The summed E-state index contributed by atoms with van der Waals surface area (Å²) in [6.45, 7) is 5.65. The highest BCUT2D eigenvalue weighted by Crippen LogP contribution is 2.29. The molecule has 11 heteroatoms. The van der Waals surface area contributed by atoms with Crippen molar-refractivity contribution in [3.05, 3.63) is 94.5 Å². The molecule has 2 aliphatic rings. The van der Waals surface area contributed by atoms with E-state index >= 15 is 0 Å². The van der Waals surface area contributed by atoms with Gasteiger partial charge in [-0.2, -0.15) is 0 Å². The minimum atomic E-state index is -0.288. The van der Waals surface area contributed by atoms with Crippen LogP contribution >= 0.6 is 0 Å². The minimum Gasteiger partial charge on any atom is -0.378 e. The van der Waals surface area contributed by atoms with Crippen molar-refractivity contribution >= 4 is 34.8 Å². The molecule has 11 nitrogen and oxygen atoms in total. The Labute approximate surface area is 261 Å². The monoisotopic (exact) mass is 607 g/mol. The molecule has 45 heavy (non-hydrogen) atoms. The predicted molar refractivity (Wildman–Crippen MR) is 174 cm³/mol. The third-order valence-electron chi connectivity index (χ3n) is 8.40. The maximum absolute atomic E-state index is 13.4. The van der Waals surface area contributed by atoms with Crippen LogP contribution in [0.4, 0.5) is 23.0 Å². The molecule has 1 atom stereocenters. The quantitative estimate of drug-likeness (QED) is 0.320. The molecular formula is C34H37N7O4. The van der Waals surface area contributed by atoms with Crippen LogP contribution in [0.25, 0.3) is 11.3 Å². The number of carbonyl (C=O) groups excluding carboxylic acids is 2. The third kappa shape index (κ3) is 6.73. The summed E-state index contributed by atoms with van der Waals surface area (Å²) >= 11 is 0. The highest BCUT2D eigenvalue weighted by molar-refractivity contribution is 5.95. The van der Waals surface area contributed by atoms with E-state index < -0.39 is 0 Å². The number of benzene rings is 2. The fourth-order valence-corrected chi connectivity index (χ4v) is 5.82. The zero-order chi connectivity index (χ0) is 31.3. The van der Waals surface area contributed by atoms with Crippen LogP contribution in [0, 0.1) is 12.8 Å². The standard InChI is InChI=1S/C34H37N7O4/c1-23-27(8-5-9-28(23)38-32(42)25-7-6-16-41(21-25)30-10-3-4-15-35-30)29-22-39(2)34(44)31(37-29)36-26-13-11-24(12-14-26)33(43)40-17-19-45-20-18-40/h3-5,8-15,22,25H,6-7,16-21H2,1-2H3,(H,36,37)(H,38,42). The SMILES string of the molecule is Cc1c(NC(=O)C2CCCN(c3ccccn3)C2)cccc1-c1cn(C)c(=O)c(Nc2ccc(C(=O)N3CCOCC3)cc2)n1. The summed E-state index contributed by atoms with van der Waals surface area (Å²) in [4.78, 5) is 52.3. The molecule has 2 aromatic heterocycles. The Kier molecular flexibility index (Phi) is 8.88. The van der Waals surface area contributed by atoms with Crippen LogP contribution in [0.2, 0.25) is 0 Å². The highest BCUT2D eigenvalue weighted by Gasteiger charge is 2.27. The van der Waals surface area contributed by atoms with E-state index in [1.165, 1.54) is 4.57 Å². The molecular weight excluding hydrogens is 570 g/mol. The second kappa shape index (κ2) is 13.3. The first-order valence-corrected chi connectivity index (χ1v) is 15.3. The van der Waals surface area contributed by atoms with Crippen molar-refractivity contribution in [3.63, 3.8) is 0 Å². The van der Waals surface area contributed by atoms with Crippen LogP contribution in [-0.4, -0.2) is 70.6 Å². The van der Waals surface area contributed by atoms with Gasteiger partial charge in [-0.1, -0.05) is 18.2 Å². The molecule has 2 aliphatic heterocycles. The van der Waals surface area contributed by atoms with E-state index in [0.29, 0.717) is 55.5 Å². The van der Waals surface area contributed by atoms with Crippen molar-refractivity contribution in [3.8, 4) is 11.3 Å². The lowest BCUT2D eigenvalue weighted by atomic mass is 9.96. The number of carbonyl (C=O) groups is 2. The smallest absolute Gasteiger partial charge is 0.293 e. The molecule has 4 aromatic rings. The average molecular weight is 608 g/mol.